The quantitative estimate of drug-likeness (QED) is 0.347. The van der Waals surface area contributed by atoms with E-state index in [4.69, 9.17) is 5.73 Å². The number of alkyl halides is 3. The number of benzene rings is 2. The first-order valence-corrected chi connectivity index (χ1v) is 11.1. The topological polar surface area (TPSA) is 93.2 Å². The lowest BCUT2D eigenvalue weighted by molar-refractivity contribution is -0.148. The van der Waals surface area contributed by atoms with Crippen LogP contribution in [0.1, 0.15) is 33.9 Å². The number of fused-ring (bicyclic) bond motifs is 1. The second-order valence-corrected chi connectivity index (χ2v) is 8.54. The second-order valence-electron chi connectivity index (χ2n) is 8.54. The number of nitrogens with zero attached hydrogens (tertiary/aromatic N) is 3. The van der Waals surface area contributed by atoms with Gasteiger partial charge in [0.15, 0.2) is 17.5 Å². The standard InChI is InChI=1S/C24H21F6N5O2.ClH/c25-16-11-18(27)17(26)9-14(16)8-15(31)10-20(36)34-6-7-35-19(12-34)21(33-23(35)24(28,29)30)32-22(37)13-4-2-1-3-5-13;/h1-5,9,11,15H,6-8,10,12,31H2,(H,32,37);1H/t15-;/m1./s1. The molecule has 4 rings (SSSR count). The summed E-state index contributed by atoms with van der Waals surface area (Å²) in [4.78, 5) is 30.2. The third kappa shape index (κ3) is 6.27. The molecule has 0 unspecified atom stereocenters. The van der Waals surface area contributed by atoms with Crippen molar-refractivity contribution >= 4 is 30.0 Å². The van der Waals surface area contributed by atoms with Crippen molar-refractivity contribution in [1.29, 1.82) is 0 Å². The van der Waals surface area contributed by atoms with Gasteiger partial charge in [-0.3, -0.25) is 9.59 Å². The molecule has 38 heavy (non-hydrogen) atoms. The van der Waals surface area contributed by atoms with E-state index in [1.807, 2.05) is 0 Å². The molecular weight excluding hydrogens is 540 g/mol. The third-order valence-corrected chi connectivity index (χ3v) is 5.89. The van der Waals surface area contributed by atoms with Gasteiger partial charge in [-0.25, -0.2) is 18.2 Å². The Labute approximate surface area is 219 Å². The van der Waals surface area contributed by atoms with Gasteiger partial charge in [0.25, 0.3) is 5.91 Å². The number of hydrogen-bond donors (Lipinski definition) is 2. The van der Waals surface area contributed by atoms with Gasteiger partial charge in [0.1, 0.15) is 5.82 Å². The lowest BCUT2D eigenvalue weighted by Gasteiger charge is -2.30. The van der Waals surface area contributed by atoms with Gasteiger partial charge in [0.2, 0.25) is 11.7 Å². The number of carbonyl (C=O) groups excluding carboxylic acids is 2. The van der Waals surface area contributed by atoms with Gasteiger partial charge >= 0.3 is 6.18 Å². The Morgan fingerprint density at radius 3 is 2.34 bits per heavy atom. The number of rotatable bonds is 6. The van der Waals surface area contributed by atoms with E-state index in [1.54, 1.807) is 18.2 Å². The van der Waals surface area contributed by atoms with Crippen LogP contribution in [0.25, 0.3) is 0 Å². The Morgan fingerprint density at radius 2 is 1.68 bits per heavy atom. The molecular formula is C24H22ClF6N5O2. The first kappa shape index (κ1) is 29.0. The van der Waals surface area contributed by atoms with E-state index < -0.39 is 47.3 Å². The van der Waals surface area contributed by atoms with E-state index in [0.717, 1.165) is 4.57 Å². The minimum absolute atomic E-state index is 0. The molecule has 0 spiro atoms. The fourth-order valence-electron chi connectivity index (χ4n) is 4.09. The molecule has 2 heterocycles. The normalized spacial score (nSPS) is 13.9. The minimum Gasteiger partial charge on any atom is -0.335 e. The molecule has 2 aromatic carbocycles. The minimum atomic E-state index is -4.80. The number of imidazole rings is 1. The maximum atomic E-state index is 13.9. The maximum Gasteiger partial charge on any atom is 0.449 e. The van der Waals surface area contributed by atoms with Crippen LogP contribution >= 0.6 is 12.4 Å². The number of amides is 2. The van der Waals surface area contributed by atoms with Crippen molar-refractivity contribution in [3.05, 3.63) is 82.6 Å². The van der Waals surface area contributed by atoms with Gasteiger partial charge in [-0.2, -0.15) is 13.2 Å². The van der Waals surface area contributed by atoms with Crippen molar-refractivity contribution in [3.63, 3.8) is 0 Å². The van der Waals surface area contributed by atoms with E-state index in [2.05, 4.69) is 10.3 Å². The monoisotopic (exact) mass is 561 g/mol. The summed E-state index contributed by atoms with van der Waals surface area (Å²) in [5.41, 5.74) is 5.91. The van der Waals surface area contributed by atoms with Gasteiger partial charge in [-0.05, 0) is 30.2 Å². The first-order valence-electron chi connectivity index (χ1n) is 11.1. The molecule has 1 aliphatic rings. The SMILES string of the molecule is Cl.N[C@@H](CC(=O)N1CCn2c(C(F)(F)F)nc(NC(=O)c3ccccc3)c2C1)Cc1cc(F)c(F)cc1F. The molecule has 1 aromatic heterocycles. The Kier molecular flexibility index (Phi) is 8.72. The van der Waals surface area contributed by atoms with Crippen molar-refractivity contribution < 1.29 is 35.9 Å². The van der Waals surface area contributed by atoms with Gasteiger partial charge in [0.05, 0.1) is 12.2 Å². The number of carbonyl (C=O) groups is 2. The van der Waals surface area contributed by atoms with E-state index in [-0.39, 0.29) is 67.5 Å². The lowest BCUT2D eigenvalue weighted by atomic mass is 10.0. The van der Waals surface area contributed by atoms with Crippen molar-refractivity contribution in [3.8, 4) is 0 Å². The molecule has 3 aromatic rings. The van der Waals surface area contributed by atoms with E-state index in [1.165, 1.54) is 17.0 Å². The summed E-state index contributed by atoms with van der Waals surface area (Å²) < 4.78 is 82.2. The van der Waals surface area contributed by atoms with Gasteiger partial charge in [-0.1, -0.05) is 18.2 Å². The molecule has 14 heteroatoms. The van der Waals surface area contributed by atoms with Crippen molar-refractivity contribution in [1.82, 2.24) is 14.5 Å². The van der Waals surface area contributed by atoms with E-state index >= 15 is 0 Å². The highest BCUT2D eigenvalue weighted by atomic mass is 35.5. The Balaban J connectivity index is 0.00000400. The van der Waals surface area contributed by atoms with Crippen LogP contribution in [0.15, 0.2) is 42.5 Å². The van der Waals surface area contributed by atoms with E-state index in [9.17, 15) is 35.9 Å². The van der Waals surface area contributed by atoms with Crippen LogP contribution in [0.2, 0.25) is 0 Å². The zero-order chi connectivity index (χ0) is 26.9. The van der Waals surface area contributed by atoms with Crippen molar-refractivity contribution in [2.24, 2.45) is 5.73 Å². The molecule has 0 aliphatic carbocycles. The highest BCUT2D eigenvalue weighted by molar-refractivity contribution is 6.04. The molecule has 0 saturated carbocycles. The number of halogens is 7. The predicted octanol–water partition coefficient (Wildman–Crippen LogP) is 4.30. The van der Waals surface area contributed by atoms with Crippen molar-refractivity contribution in [2.45, 2.75) is 38.1 Å². The fourth-order valence-corrected chi connectivity index (χ4v) is 4.09. The first-order chi connectivity index (χ1) is 17.4. The van der Waals surface area contributed by atoms with E-state index in [0.29, 0.717) is 12.1 Å². The zero-order valence-corrected chi connectivity index (χ0v) is 20.4. The summed E-state index contributed by atoms with van der Waals surface area (Å²) >= 11 is 0. The zero-order valence-electron chi connectivity index (χ0n) is 19.6. The molecule has 0 bridgehead atoms. The van der Waals surface area contributed by atoms with Crippen LogP contribution in [0.4, 0.5) is 32.2 Å². The number of aromatic nitrogens is 2. The molecule has 3 N–H and O–H groups in total. The number of nitrogens with two attached hydrogens (primary N) is 1. The van der Waals surface area contributed by atoms with Crippen LogP contribution in [0.3, 0.4) is 0 Å². The summed E-state index contributed by atoms with van der Waals surface area (Å²) in [6.45, 7) is -0.626. The number of nitrogens with one attached hydrogen (secondary N) is 1. The predicted molar refractivity (Wildman–Crippen MR) is 127 cm³/mol. The summed E-state index contributed by atoms with van der Waals surface area (Å²) in [7, 11) is 0. The summed E-state index contributed by atoms with van der Waals surface area (Å²) in [5, 5.41) is 2.39. The van der Waals surface area contributed by atoms with Crippen LogP contribution < -0.4 is 11.1 Å². The molecule has 0 fully saturated rings. The maximum absolute atomic E-state index is 13.9. The molecule has 0 radical (unpaired) electrons. The van der Waals surface area contributed by atoms with Crippen LogP contribution in [-0.2, 0) is 30.5 Å². The average molecular weight is 562 g/mol. The van der Waals surface area contributed by atoms with Crippen LogP contribution in [0, 0.1) is 17.5 Å². The molecule has 7 nitrogen and oxygen atoms in total. The number of hydrogen-bond acceptors (Lipinski definition) is 4. The second kappa shape index (κ2) is 11.4. The molecule has 2 amide bonds. The van der Waals surface area contributed by atoms with Crippen molar-refractivity contribution in [2.75, 3.05) is 11.9 Å². The highest BCUT2D eigenvalue weighted by Gasteiger charge is 2.41. The number of anilines is 1. The summed E-state index contributed by atoms with van der Waals surface area (Å²) in [6, 6.07) is 7.89. The van der Waals surface area contributed by atoms with Gasteiger partial charge in [0, 0.05) is 37.2 Å². The largest absolute Gasteiger partial charge is 0.449 e. The summed E-state index contributed by atoms with van der Waals surface area (Å²) in [5.74, 6) is -6.38. The van der Waals surface area contributed by atoms with Gasteiger partial charge < -0.3 is 20.5 Å². The Bertz CT molecular complexity index is 1330. The van der Waals surface area contributed by atoms with Crippen LogP contribution in [0.5, 0.6) is 0 Å². The Hall–Kier alpha value is -3.58. The van der Waals surface area contributed by atoms with Gasteiger partial charge in [-0.15, -0.1) is 12.4 Å². The highest BCUT2D eigenvalue weighted by Crippen LogP contribution is 2.34. The molecule has 204 valence electrons. The average Bonchev–Trinajstić information content (AvgIpc) is 3.21. The molecule has 1 aliphatic heterocycles. The molecule has 0 saturated heterocycles. The summed E-state index contributed by atoms with van der Waals surface area (Å²) in [6.07, 6.45) is -5.39. The smallest absolute Gasteiger partial charge is 0.335 e. The third-order valence-electron chi connectivity index (χ3n) is 5.89. The molecule has 1 atom stereocenters. The lowest BCUT2D eigenvalue weighted by Crippen LogP contribution is -2.42. The Morgan fingerprint density at radius 1 is 1.03 bits per heavy atom. The fraction of sp³-hybridized carbons (Fsp3) is 0.292. The van der Waals surface area contributed by atoms with Crippen LogP contribution in [-0.4, -0.2) is 38.9 Å².